The fourth-order valence-corrected chi connectivity index (χ4v) is 0.963. The minimum atomic E-state index is -1.03. The standard InChI is InChI=1S/C8H17N3O2/c1-2-3-4-5-11-6(7(9)12)8(10)13/h6,11H,2-5H2,1H3,(H2,9,12)(H2,10,13). The van der Waals surface area contributed by atoms with Crippen molar-refractivity contribution in [3.05, 3.63) is 0 Å². The Hall–Kier alpha value is -1.10. The van der Waals surface area contributed by atoms with Gasteiger partial charge in [0.2, 0.25) is 11.8 Å². The van der Waals surface area contributed by atoms with Gasteiger partial charge in [0.05, 0.1) is 0 Å². The molecule has 0 spiro atoms. The van der Waals surface area contributed by atoms with Crippen molar-refractivity contribution in [2.45, 2.75) is 32.2 Å². The molecule has 2 amide bonds. The molecule has 0 fully saturated rings. The summed E-state index contributed by atoms with van der Waals surface area (Å²) in [6.07, 6.45) is 3.05. The Labute approximate surface area is 77.8 Å². The molecule has 5 N–H and O–H groups in total. The van der Waals surface area contributed by atoms with Gasteiger partial charge in [0.25, 0.3) is 0 Å². The minimum absolute atomic E-state index is 0.588. The molecule has 0 radical (unpaired) electrons. The molecule has 5 heteroatoms. The highest BCUT2D eigenvalue weighted by molar-refractivity contribution is 6.02. The maximum Gasteiger partial charge on any atom is 0.244 e. The van der Waals surface area contributed by atoms with Crippen LogP contribution in [0.1, 0.15) is 26.2 Å². The first-order valence-corrected chi connectivity index (χ1v) is 4.41. The molecule has 0 aromatic heterocycles. The smallest absolute Gasteiger partial charge is 0.244 e. The third-order valence-electron chi connectivity index (χ3n) is 1.70. The molecule has 0 aliphatic heterocycles. The second kappa shape index (κ2) is 6.42. The van der Waals surface area contributed by atoms with E-state index in [0.29, 0.717) is 6.54 Å². The average molecular weight is 187 g/mol. The number of hydrogen-bond donors (Lipinski definition) is 3. The summed E-state index contributed by atoms with van der Waals surface area (Å²) in [4.78, 5) is 21.3. The predicted molar refractivity (Wildman–Crippen MR) is 49.7 cm³/mol. The molecule has 76 valence electrons. The summed E-state index contributed by atoms with van der Waals surface area (Å²) in [5.41, 5.74) is 9.90. The average Bonchev–Trinajstić information content (AvgIpc) is 2.02. The molecule has 0 aromatic rings. The van der Waals surface area contributed by atoms with Gasteiger partial charge in [-0.05, 0) is 13.0 Å². The topological polar surface area (TPSA) is 98.2 Å². The van der Waals surface area contributed by atoms with Crippen molar-refractivity contribution in [1.82, 2.24) is 5.32 Å². The Kier molecular flexibility index (Phi) is 5.88. The van der Waals surface area contributed by atoms with E-state index in [9.17, 15) is 9.59 Å². The largest absolute Gasteiger partial charge is 0.368 e. The summed E-state index contributed by atoms with van der Waals surface area (Å²) < 4.78 is 0. The van der Waals surface area contributed by atoms with Crippen LogP contribution < -0.4 is 16.8 Å². The maximum absolute atomic E-state index is 10.7. The Bertz CT molecular complexity index is 168. The van der Waals surface area contributed by atoms with Gasteiger partial charge in [-0.25, -0.2) is 0 Å². The van der Waals surface area contributed by atoms with E-state index in [1.807, 2.05) is 0 Å². The van der Waals surface area contributed by atoms with Crippen LogP contribution in [0.3, 0.4) is 0 Å². The highest BCUT2D eigenvalue weighted by Gasteiger charge is 2.19. The molecule has 0 aliphatic carbocycles. The summed E-state index contributed by atoms with van der Waals surface area (Å²) in [6.45, 7) is 2.66. The first-order chi connectivity index (χ1) is 6.09. The first-order valence-electron chi connectivity index (χ1n) is 4.41. The van der Waals surface area contributed by atoms with Crippen molar-refractivity contribution in [2.75, 3.05) is 6.54 Å². The minimum Gasteiger partial charge on any atom is -0.368 e. The van der Waals surface area contributed by atoms with Gasteiger partial charge in [-0.3, -0.25) is 14.9 Å². The number of primary amides is 2. The van der Waals surface area contributed by atoms with Gasteiger partial charge in [-0.2, -0.15) is 0 Å². The SMILES string of the molecule is CCCCCNC(C(N)=O)C(N)=O. The lowest BCUT2D eigenvalue weighted by molar-refractivity contribution is -0.128. The normalized spacial score (nSPS) is 10.3. The van der Waals surface area contributed by atoms with Gasteiger partial charge in [0, 0.05) is 0 Å². The second-order valence-corrected chi connectivity index (χ2v) is 2.90. The summed E-state index contributed by atoms with van der Waals surface area (Å²) in [5.74, 6) is -1.44. The third kappa shape index (κ3) is 5.19. The zero-order valence-electron chi connectivity index (χ0n) is 7.88. The molecule has 13 heavy (non-hydrogen) atoms. The van der Waals surface area contributed by atoms with Gasteiger partial charge in [0.15, 0.2) is 6.04 Å². The van der Waals surface area contributed by atoms with Gasteiger partial charge < -0.3 is 11.5 Å². The van der Waals surface area contributed by atoms with Gasteiger partial charge in [-0.1, -0.05) is 19.8 Å². The number of unbranched alkanes of at least 4 members (excludes halogenated alkanes) is 2. The van der Waals surface area contributed by atoms with E-state index in [2.05, 4.69) is 12.2 Å². The van der Waals surface area contributed by atoms with Crippen LogP contribution in [0, 0.1) is 0 Å². The molecule has 0 atom stereocenters. The van der Waals surface area contributed by atoms with Crippen LogP contribution in [0.2, 0.25) is 0 Å². The zero-order valence-corrected chi connectivity index (χ0v) is 7.88. The Morgan fingerprint density at radius 1 is 1.23 bits per heavy atom. The molecule has 0 saturated heterocycles. The van der Waals surface area contributed by atoms with E-state index in [-0.39, 0.29) is 0 Å². The lowest BCUT2D eigenvalue weighted by Gasteiger charge is -2.10. The Balaban J connectivity index is 3.71. The molecule has 0 saturated carbocycles. The van der Waals surface area contributed by atoms with Crippen molar-refractivity contribution in [3.8, 4) is 0 Å². The van der Waals surface area contributed by atoms with Gasteiger partial charge in [-0.15, -0.1) is 0 Å². The molecular formula is C8H17N3O2. The fraction of sp³-hybridized carbons (Fsp3) is 0.750. The highest BCUT2D eigenvalue weighted by atomic mass is 16.2. The van der Waals surface area contributed by atoms with Crippen LogP contribution in [0.4, 0.5) is 0 Å². The van der Waals surface area contributed by atoms with Crippen LogP contribution in [0.15, 0.2) is 0 Å². The van der Waals surface area contributed by atoms with Crippen molar-refractivity contribution in [1.29, 1.82) is 0 Å². The van der Waals surface area contributed by atoms with E-state index in [1.165, 1.54) is 0 Å². The summed E-state index contributed by atoms with van der Waals surface area (Å²) >= 11 is 0. The van der Waals surface area contributed by atoms with Gasteiger partial charge in [0.1, 0.15) is 0 Å². The van der Waals surface area contributed by atoms with E-state index in [1.54, 1.807) is 0 Å². The van der Waals surface area contributed by atoms with Crippen LogP contribution in [0.25, 0.3) is 0 Å². The summed E-state index contributed by atoms with van der Waals surface area (Å²) in [7, 11) is 0. The molecular weight excluding hydrogens is 170 g/mol. The van der Waals surface area contributed by atoms with Crippen molar-refractivity contribution in [2.24, 2.45) is 11.5 Å². The fourth-order valence-electron chi connectivity index (χ4n) is 0.963. The number of carbonyl (C=O) groups is 2. The van der Waals surface area contributed by atoms with E-state index >= 15 is 0 Å². The molecule has 0 unspecified atom stereocenters. The number of carbonyl (C=O) groups excluding carboxylic acids is 2. The molecule has 0 aliphatic rings. The summed E-state index contributed by atoms with van der Waals surface area (Å²) in [5, 5.41) is 2.70. The van der Waals surface area contributed by atoms with Crippen molar-refractivity contribution in [3.63, 3.8) is 0 Å². The quantitative estimate of drug-likeness (QED) is 0.356. The van der Waals surface area contributed by atoms with Crippen LogP contribution in [-0.4, -0.2) is 24.4 Å². The Morgan fingerprint density at radius 3 is 2.15 bits per heavy atom. The van der Waals surface area contributed by atoms with Crippen molar-refractivity contribution < 1.29 is 9.59 Å². The number of nitrogens with one attached hydrogen (secondary N) is 1. The van der Waals surface area contributed by atoms with Gasteiger partial charge >= 0.3 is 0 Å². The van der Waals surface area contributed by atoms with Crippen LogP contribution >= 0.6 is 0 Å². The number of nitrogens with two attached hydrogens (primary N) is 2. The lowest BCUT2D eigenvalue weighted by atomic mass is 10.2. The number of amides is 2. The van der Waals surface area contributed by atoms with Crippen molar-refractivity contribution >= 4 is 11.8 Å². The highest BCUT2D eigenvalue weighted by Crippen LogP contribution is 1.92. The van der Waals surface area contributed by atoms with E-state index < -0.39 is 17.9 Å². The summed E-state index contributed by atoms with van der Waals surface area (Å²) in [6, 6.07) is -1.03. The third-order valence-corrected chi connectivity index (χ3v) is 1.70. The maximum atomic E-state index is 10.7. The predicted octanol–water partition coefficient (Wildman–Crippen LogP) is -0.895. The van der Waals surface area contributed by atoms with Crippen LogP contribution in [-0.2, 0) is 9.59 Å². The van der Waals surface area contributed by atoms with Crippen LogP contribution in [0.5, 0.6) is 0 Å². The second-order valence-electron chi connectivity index (χ2n) is 2.90. The molecule has 0 rings (SSSR count). The monoisotopic (exact) mass is 187 g/mol. The zero-order chi connectivity index (χ0) is 10.3. The Morgan fingerprint density at radius 2 is 1.77 bits per heavy atom. The number of hydrogen-bond acceptors (Lipinski definition) is 3. The number of rotatable bonds is 7. The van der Waals surface area contributed by atoms with E-state index in [4.69, 9.17) is 11.5 Å². The first kappa shape index (κ1) is 11.9. The lowest BCUT2D eigenvalue weighted by Crippen LogP contribution is -2.50. The van der Waals surface area contributed by atoms with E-state index in [0.717, 1.165) is 19.3 Å². The molecule has 5 nitrogen and oxygen atoms in total. The molecule has 0 bridgehead atoms. The molecule has 0 heterocycles. The molecule has 0 aromatic carbocycles.